The molecule has 0 aliphatic carbocycles. The predicted molar refractivity (Wildman–Crippen MR) is 62.2 cm³/mol. The van der Waals surface area contributed by atoms with Gasteiger partial charge >= 0.3 is 0 Å². The topological polar surface area (TPSA) is 68.5 Å². The summed E-state index contributed by atoms with van der Waals surface area (Å²) in [6, 6.07) is 1.69. The second-order valence-corrected chi connectivity index (χ2v) is 3.69. The summed E-state index contributed by atoms with van der Waals surface area (Å²) in [6.07, 6.45) is 4.38. The monoisotopic (exact) mass is 238 g/mol. The van der Waals surface area contributed by atoms with E-state index < -0.39 is 0 Å². The summed E-state index contributed by atoms with van der Waals surface area (Å²) in [5, 5.41) is 6.73. The van der Waals surface area contributed by atoms with E-state index in [2.05, 4.69) is 38.0 Å². The summed E-state index contributed by atoms with van der Waals surface area (Å²) in [5.41, 5.74) is 0. The fraction of sp³-hybridized carbons (Fsp3) is 0. The van der Waals surface area contributed by atoms with E-state index in [9.17, 15) is 0 Å². The quantitative estimate of drug-likeness (QED) is 0.592. The Bertz CT molecular complexity index is 468. The molecule has 15 heavy (non-hydrogen) atoms. The number of hydrogen-bond acceptors (Lipinski definition) is 5. The van der Waals surface area contributed by atoms with Gasteiger partial charge in [0.15, 0.2) is 5.82 Å². The summed E-state index contributed by atoms with van der Waals surface area (Å²) in [4.78, 5) is 11.8. The van der Waals surface area contributed by atoms with Crippen LogP contribution in [0.3, 0.4) is 0 Å². The van der Waals surface area contributed by atoms with Gasteiger partial charge < -0.3 is 5.32 Å². The molecule has 1 N–H and O–H groups in total. The molecule has 0 unspecified atom stereocenters. The lowest BCUT2D eigenvalue weighted by molar-refractivity contribution is 0.839. The Kier molecular flexibility index (Phi) is 2.88. The molecule has 0 atom stereocenters. The van der Waals surface area contributed by atoms with Crippen LogP contribution in [0.25, 0.3) is 5.82 Å². The minimum atomic E-state index is 0.346. The molecule has 0 radical (unpaired) electrons. The predicted octanol–water partition coefficient (Wildman–Crippen LogP) is 0.684. The van der Waals surface area contributed by atoms with E-state index in [1.54, 1.807) is 12.4 Å². The average molecular weight is 238 g/mol. The minimum absolute atomic E-state index is 0.346. The number of rotatable bonds is 2. The second kappa shape index (κ2) is 4.32. The first-order valence-corrected chi connectivity index (χ1v) is 4.78. The molecule has 8 heteroatoms. The second-order valence-electron chi connectivity index (χ2n) is 2.53. The van der Waals surface area contributed by atoms with Gasteiger partial charge in [0.25, 0.3) is 0 Å². The smallest absolute Gasteiger partial charge is 0.160 e. The Hall–Kier alpha value is -1.54. The van der Waals surface area contributed by atoms with Crippen molar-refractivity contribution in [2.24, 2.45) is 0 Å². The molecule has 0 fully saturated rings. The Morgan fingerprint density at radius 1 is 1.40 bits per heavy atom. The first-order chi connectivity index (χ1) is 7.25. The number of hydrogen-bond donors (Lipinski definition) is 2. The minimum Gasteiger partial charge on any atom is -0.326 e. The molecule has 2 rings (SSSR count). The van der Waals surface area contributed by atoms with Crippen molar-refractivity contribution in [2.75, 3.05) is 5.32 Å². The van der Waals surface area contributed by atoms with E-state index in [0.29, 0.717) is 16.0 Å². The van der Waals surface area contributed by atoms with Crippen molar-refractivity contribution in [2.45, 2.75) is 0 Å². The molecule has 0 aliphatic heterocycles. The number of aromatic nitrogens is 5. The Balaban J connectivity index is 2.31. The van der Waals surface area contributed by atoms with Gasteiger partial charge in [-0.05, 0) is 0 Å². The van der Waals surface area contributed by atoms with Gasteiger partial charge in [-0.2, -0.15) is 5.10 Å². The summed E-state index contributed by atoms with van der Waals surface area (Å²) < 4.78 is 1.87. The fourth-order valence-electron chi connectivity index (χ4n) is 0.977. The van der Waals surface area contributed by atoms with Crippen LogP contribution < -0.4 is 5.32 Å². The van der Waals surface area contributed by atoms with Gasteiger partial charge in [-0.1, -0.05) is 12.2 Å². The van der Waals surface area contributed by atoms with E-state index in [1.165, 1.54) is 17.3 Å². The number of thiocarbonyl (C=S) groups is 1. The number of thiol groups is 1. The zero-order chi connectivity index (χ0) is 10.7. The highest BCUT2D eigenvalue weighted by Crippen LogP contribution is 2.07. The lowest BCUT2D eigenvalue weighted by Crippen LogP contribution is -2.05. The molecule has 0 spiro atoms. The first-order valence-electron chi connectivity index (χ1n) is 3.93. The molecule has 2 aromatic rings. The summed E-state index contributed by atoms with van der Waals surface area (Å²) in [5.74, 6) is 1.17. The van der Waals surface area contributed by atoms with Crippen molar-refractivity contribution in [1.29, 1.82) is 0 Å². The highest BCUT2D eigenvalue weighted by atomic mass is 32.1. The molecule has 0 aromatic carbocycles. The third-order valence-corrected chi connectivity index (χ3v) is 1.75. The number of anilines is 1. The lowest BCUT2D eigenvalue weighted by atomic mass is 10.5. The van der Waals surface area contributed by atoms with E-state index in [4.69, 9.17) is 12.2 Å². The molecule has 0 saturated heterocycles. The van der Waals surface area contributed by atoms with Crippen molar-refractivity contribution < 1.29 is 0 Å². The van der Waals surface area contributed by atoms with Gasteiger partial charge in [0.05, 0.1) is 0 Å². The van der Waals surface area contributed by atoms with Gasteiger partial charge in [-0.3, -0.25) is 0 Å². The van der Waals surface area contributed by atoms with Gasteiger partial charge in [0.1, 0.15) is 29.1 Å². The maximum Gasteiger partial charge on any atom is 0.160 e. The van der Waals surface area contributed by atoms with Crippen molar-refractivity contribution >= 4 is 35.0 Å². The Labute approximate surface area is 96.2 Å². The van der Waals surface area contributed by atoms with Crippen molar-refractivity contribution in [3.05, 3.63) is 25.0 Å². The Morgan fingerprint density at radius 2 is 2.27 bits per heavy atom. The van der Waals surface area contributed by atoms with Gasteiger partial charge in [0, 0.05) is 6.07 Å². The third kappa shape index (κ3) is 2.48. The summed E-state index contributed by atoms with van der Waals surface area (Å²) in [7, 11) is 0. The molecule has 2 aromatic heterocycles. The molecule has 0 bridgehead atoms. The molecule has 2 heterocycles. The van der Waals surface area contributed by atoms with Crippen LogP contribution in [0.1, 0.15) is 0 Å². The SMILES string of the molecule is S=C(S)Nc1cc(-n2cncn2)ncn1. The molecular formula is C7H6N6S2. The van der Waals surface area contributed by atoms with Crippen LogP contribution in [0.15, 0.2) is 25.0 Å². The zero-order valence-electron chi connectivity index (χ0n) is 7.40. The van der Waals surface area contributed by atoms with Crippen LogP contribution in [-0.4, -0.2) is 29.1 Å². The normalized spacial score (nSPS) is 9.93. The van der Waals surface area contributed by atoms with Gasteiger partial charge in [-0.25, -0.2) is 19.6 Å². The van der Waals surface area contributed by atoms with Crippen molar-refractivity contribution in [1.82, 2.24) is 24.7 Å². The Morgan fingerprint density at radius 3 is 2.93 bits per heavy atom. The van der Waals surface area contributed by atoms with Crippen LogP contribution in [0, 0.1) is 0 Å². The molecule has 6 nitrogen and oxygen atoms in total. The number of nitrogens with zero attached hydrogens (tertiary/aromatic N) is 5. The van der Waals surface area contributed by atoms with Gasteiger partial charge in [0.2, 0.25) is 0 Å². The van der Waals surface area contributed by atoms with Gasteiger partial charge in [-0.15, -0.1) is 12.6 Å². The van der Waals surface area contributed by atoms with Crippen LogP contribution >= 0.6 is 24.8 Å². The molecule has 0 saturated carbocycles. The van der Waals surface area contributed by atoms with E-state index in [0.717, 1.165) is 0 Å². The number of nitrogens with one attached hydrogen (secondary N) is 1. The van der Waals surface area contributed by atoms with Crippen molar-refractivity contribution in [3.63, 3.8) is 0 Å². The van der Waals surface area contributed by atoms with Crippen LogP contribution in [0.5, 0.6) is 0 Å². The fourth-order valence-corrected chi connectivity index (χ4v) is 1.20. The maximum absolute atomic E-state index is 4.78. The molecule has 76 valence electrons. The standard InChI is InChI=1S/C7H6N6S2/c14-7(15)12-5-1-6(10-3-9-5)13-4-8-2-11-13/h1-4H,(H2,9,10,12,14,15). The first kappa shape index (κ1) is 9.99. The van der Waals surface area contributed by atoms with Crippen LogP contribution in [0.4, 0.5) is 5.82 Å². The lowest BCUT2D eigenvalue weighted by Gasteiger charge is -2.03. The van der Waals surface area contributed by atoms with Crippen molar-refractivity contribution in [3.8, 4) is 5.82 Å². The third-order valence-electron chi connectivity index (χ3n) is 1.54. The van der Waals surface area contributed by atoms with E-state index >= 15 is 0 Å². The highest BCUT2D eigenvalue weighted by Gasteiger charge is 2.01. The van der Waals surface area contributed by atoms with Crippen LogP contribution in [0.2, 0.25) is 0 Å². The largest absolute Gasteiger partial charge is 0.326 e. The zero-order valence-corrected chi connectivity index (χ0v) is 9.11. The van der Waals surface area contributed by atoms with E-state index in [-0.39, 0.29) is 0 Å². The maximum atomic E-state index is 4.78. The average Bonchev–Trinajstić information content (AvgIpc) is 2.69. The van der Waals surface area contributed by atoms with Crippen LogP contribution in [-0.2, 0) is 0 Å². The summed E-state index contributed by atoms with van der Waals surface area (Å²) >= 11 is 8.72. The highest BCUT2D eigenvalue weighted by molar-refractivity contribution is 8.11. The molecule has 0 amide bonds. The molecular weight excluding hydrogens is 232 g/mol. The summed E-state index contributed by atoms with van der Waals surface area (Å²) in [6.45, 7) is 0. The van der Waals surface area contributed by atoms with E-state index in [1.807, 2.05) is 0 Å². The molecule has 0 aliphatic rings.